The van der Waals surface area contributed by atoms with Crippen molar-refractivity contribution in [1.29, 1.82) is 0 Å². The van der Waals surface area contributed by atoms with Crippen molar-refractivity contribution in [2.75, 3.05) is 0 Å². The van der Waals surface area contributed by atoms with Crippen molar-refractivity contribution in [3.63, 3.8) is 0 Å². The summed E-state index contributed by atoms with van der Waals surface area (Å²) < 4.78 is 96.1. The third-order valence-corrected chi connectivity index (χ3v) is 8.32. The Morgan fingerprint density at radius 3 is 1.53 bits per heavy atom. The van der Waals surface area contributed by atoms with Crippen LogP contribution < -0.4 is 0 Å². The van der Waals surface area contributed by atoms with E-state index in [1.807, 2.05) is 109 Å². The first-order chi connectivity index (χ1) is 26.5. The van der Waals surface area contributed by atoms with Gasteiger partial charge < -0.3 is 4.42 Å². The van der Waals surface area contributed by atoms with Gasteiger partial charge in [-0.3, -0.25) is 0 Å². The van der Waals surface area contributed by atoms with Gasteiger partial charge >= 0.3 is 0 Å². The highest BCUT2D eigenvalue weighted by Gasteiger charge is 2.21. The minimum Gasteiger partial charge on any atom is -0.456 e. The predicted molar refractivity (Wildman–Crippen MR) is 190 cm³/mol. The van der Waals surface area contributed by atoms with Gasteiger partial charge in [0, 0.05) is 10.8 Å². The maximum atomic E-state index is 9.95. The Balaban J connectivity index is 1.50. The lowest BCUT2D eigenvalue weighted by Gasteiger charge is -2.20. The number of fused-ring (bicyclic) bond motifs is 5. The van der Waals surface area contributed by atoms with Crippen molar-refractivity contribution >= 4 is 43.5 Å². The van der Waals surface area contributed by atoms with Crippen LogP contribution in [0.25, 0.3) is 88.0 Å². The average Bonchev–Trinajstić information content (AvgIpc) is 3.61. The minimum atomic E-state index is -0.461. The SMILES string of the molecule is [2H]c1c([2H])c([2H])c(-c2c3ccccc3c(-c3c([2H])c(-c4ccccc4)c4c(oc5c([2H])c([2H])c([2H])c([2H])c54)c3[2H])c3ccccc23)c(-c2ccccc2)c1[2H]. The zero-order chi connectivity index (χ0) is 38.4. The normalized spacial score (nSPS) is 14.7. The van der Waals surface area contributed by atoms with Gasteiger partial charge in [-0.05, 0) is 84.2 Å². The maximum absolute atomic E-state index is 9.95. The highest BCUT2D eigenvalue weighted by atomic mass is 16.3. The quantitative estimate of drug-likeness (QED) is 0.188. The second-order valence-corrected chi connectivity index (χ2v) is 10.8. The number of benzene rings is 8. The van der Waals surface area contributed by atoms with Crippen LogP contribution in [-0.4, -0.2) is 0 Å². The largest absolute Gasteiger partial charge is 0.456 e. The molecule has 0 bridgehead atoms. The summed E-state index contributed by atoms with van der Waals surface area (Å²) in [5.41, 5.74) is 3.52. The monoisotopic (exact) mass is 582 g/mol. The Morgan fingerprint density at radius 2 is 0.889 bits per heavy atom. The third kappa shape index (κ3) is 4.09. The highest BCUT2D eigenvalue weighted by Crippen LogP contribution is 2.48. The Labute approximate surface area is 275 Å². The van der Waals surface area contributed by atoms with Crippen LogP contribution in [0.3, 0.4) is 0 Å². The van der Waals surface area contributed by atoms with Crippen LogP contribution in [0.5, 0.6) is 0 Å². The molecule has 210 valence electrons. The molecule has 0 N–H and O–H groups in total. The van der Waals surface area contributed by atoms with E-state index in [4.69, 9.17) is 14.0 Å². The molecule has 45 heavy (non-hydrogen) atoms. The number of para-hydroxylation sites is 1. The van der Waals surface area contributed by atoms with Gasteiger partial charge in [0.1, 0.15) is 11.2 Å². The van der Waals surface area contributed by atoms with Crippen LogP contribution in [0.15, 0.2) is 174 Å². The van der Waals surface area contributed by atoms with Crippen molar-refractivity contribution in [3.05, 3.63) is 170 Å². The molecule has 1 heterocycles. The first kappa shape index (κ1) is 17.4. The summed E-state index contributed by atoms with van der Waals surface area (Å²) in [7, 11) is 0. The van der Waals surface area contributed by atoms with Gasteiger partial charge in [0.2, 0.25) is 0 Å². The van der Waals surface area contributed by atoms with Gasteiger partial charge in [-0.1, -0.05) is 151 Å². The van der Waals surface area contributed by atoms with E-state index in [1.54, 1.807) is 0 Å². The molecule has 0 aliphatic rings. The number of rotatable bonds is 4. The Hall–Kier alpha value is -5.92. The first-order valence-corrected chi connectivity index (χ1v) is 14.6. The lowest BCUT2D eigenvalue weighted by Crippen LogP contribution is -1.93. The van der Waals surface area contributed by atoms with E-state index in [-0.39, 0.29) is 75.8 Å². The molecule has 0 saturated heterocycles. The molecule has 0 atom stereocenters. The molecule has 1 aromatic heterocycles. The molecule has 1 heteroatoms. The smallest absolute Gasteiger partial charge is 0.136 e. The van der Waals surface area contributed by atoms with Crippen molar-refractivity contribution in [3.8, 4) is 44.5 Å². The number of hydrogen-bond donors (Lipinski definition) is 0. The zero-order valence-corrected chi connectivity index (χ0v) is 23.8. The highest BCUT2D eigenvalue weighted by molar-refractivity contribution is 6.23. The van der Waals surface area contributed by atoms with Crippen molar-refractivity contribution in [1.82, 2.24) is 0 Å². The van der Waals surface area contributed by atoms with Crippen LogP contribution in [0.2, 0.25) is 0 Å². The Bertz CT molecular complexity index is 3030. The van der Waals surface area contributed by atoms with E-state index in [0.717, 1.165) is 0 Å². The van der Waals surface area contributed by atoms with E-state index >= 15 is 0 Å². The van der Waals surface area contributed by atoms with Crippen LogP contribution in [0.4, 0.5) is 0 Å². The molecular formula is C44H28O. The van der Waals surface area contributed by atoms with Gasteiger partial charge in [0.25, 0.3) is 0 Å². The molecule has 0 fully saturated rings. The van der Waals surface area contributed by atoms with Gasteiger partial charge in [-0.15, -0.1) is 0 Å². The zero-order valence-electron chi connectivity index (χ0n) is 33.8. The Kier molecular flexibility index (Phi) is 4.01. The summed E-state index contributed by atoms with van der Waals surface area (Å²) >= 11 is 0. The van der Waals surface area contributed by atoms with Gasteiger partial charge in [0.15, 0.2) is 0 Å². The van der Waals surface area contributed by atoms with Crippen LogP contribution >= 0.6 is 0 Å². The van der Waals surface area contributed by atoms with E-state index in [9.17, 15) is 4.11 Å². The molecule has 0 unspecified atom stereocenters. The molecule has 9 aromatic rings. The standard InChI is InChI=1S/C44H28O/c1-3-15-29(16-4-1)32-19-7-8-20-33(32)43-36-23-11-9-21-34(36)42(35-22-10-12-24-37(35)43)31-27-39(30-17-5-2-6-18-30)44-38-25-13-14-26-40(38)45-41(44)28-31/h1-28H/i7D,8D,13D,14D,19D,20D,25D,26D,27D,28D. The molecule has 0 aliphatic carbocycles. The topological polar surface area (TPSA) is 13.1 Å². The van der Waals surface area contributed by atoms with E-state index in [2.05, 4.69) is 0 Å². The van der Waals surface area contributed by atoms with Crippen LogP contribution in [0, 0.1) is 0 Å². The van der Waals surface area contributed by atoms with E-state index in [0.29, 0.717) is 60.5 Å². The molecule has 9 rings (SSSR count). The number of hydrogen-bond acceptors (Lipinski definition) is 1. The van der Waals surface area contributed by atoms with Gasteiger partial charge in [-0.25, -0.2) is 0 Å². The fourth-order valence-electron chi connectivity index (χ4n) is 6.41. The second-order valence-electron chi connectivity index (χ2n) is 10.8. The molecular weight excluding hydrogens is 544 g/mol. The van der Waals surface area contributed by atoms with Crippen molar-refractivity contribution < 1.29 is 18.1 Å². The molecule has 8 aromatic carbocycles. The summed E-state index contributed by atoms with van der Waals surface area (Å²) in [6, 6.07) is 30.3. The summed E-state index contributed by atoms with van der Waals surface area (Å²) in [4.78, 5) is 0. The molecule has 1 nitrogen and oxygen atoms in total. The third-order valence-electron chi connectivity index (χ3n) is 8.32. The summed E-state index contributed by atoms with van der Waals surface area (Å²) in [5, 5.41) is 2.90. The van der Waals surface area contributed by atoms with Crippen LogP contribution in [0.1, 0.15) is 13.7 Å². The summed E-state index contributed by atoms with van der Waals surface area (Å²) in [6.45, 7) is 0. The summed E-state index contributed by atoms with van der Waals surface area (Å²) in [6.07, 6.45) is 0. The first-order valence-electron chi connectivity index (χ1n) is 19.6. The minimum absolute atomic E-state index is 0.0210. The van der Waals surface area contributed by atoms with E-state index in [1.165, 1.54) is 0 Å². The molecule has 0 aliphatic heterocycles. The summed E-state index contributed by atoms with van der Waals surface area (Å²) in [5.74, 6) is 0. The van der Waals surface area contributed by atoms with Crippen molar-refractivity contribution in [2.24, 2.45) is 0 Å². The van der Waals surface area contributed by atoms with Crippen LogP contribution in [-0.2, 0) is 0 Å². The van der Waals surface area contributed by atoms with Gasteiger partial charge in [-0.2, -0.15) is 0 Å². The van der Waals surface area contributed by atoms with Gasteiger partial charge in [0.05, 0.1) is 13.7 Å². The lowest BCUT2D eigenvalue weighted by atomic mass is 9.83. The fourth-order valence-corrected chi connectivity index (χ4v) is 6.41. The number of furan rings is 1. The Morgan fingerprint density at radius 1 is 0.378 bits per heavy atom. The van der Waals surface area contributed by atoms with Crippen molar-refractivity contribution in [2.45, 2.75) is 0 Å². The fraction of sp³-hybridized carbons (Fsp3) is 0. The second kappa shape index (κ2) is 10.4. The maximum Gasteiger partial charge on any atom is 0.136 e. The molecule has 0 amide bonds. The van der Waals surface area contributed by atoms with E-state index < -0.39 is 12.1 Å². The average molecular weight is 583 g/mol. The molecule has 0 radical (unpaired) electrons. The molecule has 0 saturated carbocycles. The molecule has 0 spiro atoms. The lowest BCUT2D eigenvalue weighted by molar-refractivity contribution is 0.669. The predicted octanol–water partition coefficient (Wildman–Crippen LogP) is 12.6.